The highest BCUT2D eigenvalue weighted by Gasteiger charge is 2.09. The van der Waals surface area contributed by atoms with Crippen LogP contribution in [0.1, 0.15) is 30.0 Å². The number of aromatic nitrogens is 3. The Kier molecular flexibility index (Phi) is 3.08. The molecular weight excluding hydrogens is 218 g/mol. The van der Waals surface area contributed by atoms with Crippen LogP contribution in [0.15, 0.2) is 18.3 Å². The standard InChI is InChI=1S/C12H15N3O2/c1-8(2)6-10-13-11-5-4-9(12(16)17-3)7-15(11)14-10/h4-5,7-8H,6H2,1-3H3. The van der Waals surface area contributed by atoms with E-state index in [0.717, 1.165) is 17.9 Å². The molecule has 0 aliphatic rings. The zero-order valence-corrected chi connectivity index (χ0v) is 10.2. The van der Waals surface area contributed by atoms with Crippen LogP contribution in [0.5, 0.6) is 0 Å². The molecule has 0 unspecified atom stereocenters. The largest absolute Gasteiger partial charge is 0.465 e. The van der Waals surface area contributed by atoms with Crippen molar-refractivity contribution in [2.24, 2.45) is 5.92 Å². The molecule has 0 N–H and O–H groups in total. The van der Waals surface area contributed by atoms with E-state index in [4.69, 9.17) is 0 Å². The fourth-order valence-corrected chi connectivity index (χ4v) is 1.62. The third-order valence-electron chi connectivity index (χ3n) is 2.39. The van der Waals surface area contributed by atoms with Crippen LogP contribution in [-0.4, -0.2) is 27.7 Å². The van der Waals surface area contributed by atoms with E-state index < -0.39 is 0 Å². The lowest BCUT2D eigenvalue weighted by Gasteiger charge is -1.98. The number of carbonyl (C=O) groups is 1. The fourth-order valence-electron chi connectivity index (χ4n) is 1.62. The molecule has 0 amide bonds. The Hall–Kier alpha value is -1.91. The molecule has 0 radical (unpaired) electrons. The van der Waals surface area contributed by atoms with Crippen LogP contribution in [0.25, 0.3) is 5.65 Å². The normalized spacial score (nSPS) is 11.1. The van der Waals surface area contributed by atoms with Gasteiger partial charge in [0.1, 0.15) is 0 Å². The Bertz CT molecular complexity index is 546. The van der Waals surface area contributed by atoms with E-state index in [9.17, 15) is 4.79 Å². The van der Waals surface area contributed by atoms with Crippen molar-refractivity contribution >= 4 is 11.6 Å². The molecule has 0 atom stereocenters. The molecule has 5 heteroatoms. The number of ether oxygens (including phenoxy) is 1. The monoisotopic (exact) mass is 233 g/mol. The zero-order valence-electron chi connectivity index (χ0n) is 10.2. The van der Waals surface area contributed by atoms with Crippen molar-refractivity contribution in [2.75, 3.05) is 7.11 Å². The molecule has 0 bridgehead atoms. The Balaban J connectivity index is 2.37. The van der Waals surface area contributed by atoms with Gasteiger partial charge in [-0.05, 0) is 18.1 Å². The molecule has 0 saturated carbocycles. The zero-order chi connectivity index (χ0) is 12.4. The first kappa shape index (κ1) is 11.6. The molecule has 2 aromatic rings. The van der Waals surface area contributed by atoms with Gasteiger partial charge in [0, 0.05) is 12.6 Å². The van der Waals surface area contributed by atoms with E-state index in [0.29, 0.717) is 11.5 Å². The average molecular weight is 233 g/mol. The van der Waals surface area contributed by atoms with Crippen molar-refractivity contribution in [1.29, 1.82) is 0 Å². The second kappa shape index (κ2) is 4.53. The highest BCUT2D eigenvalue weighted by atomic mass is 16.5. The van der Waals surface area contributed by atoms with E-state index in [1.165, 1.54) is 7.11 Å². The smallest absolute Gasteiger partial charge is 0.339 e. The number of methoxy groups -OCH3 is 1. The maximum absolute atomic E-state index is 11.4. The lowest BCUT2D eigenvalue weighted by Crippen LogP contribution is -2.03. The predicted molar refractivity (Wildman–Crippen MR) is 62.9 cm³/mol. The highest BCUT2D eigenvalue weighted by Crippen LogP contribution is 2.09. The van der Waals surface area contributed by atoms with Crippen molar-refractivity contribution in [1.82, 2.24) is 14.6 Å². The van der Waals surface area contributed by atoms with Crippen molar-refractivity contribution in [2.45, 2.75) is 20.3 Å². The minimum absolute atomic E-state index is 0.368. The second-order valence-electron chi connectivity index (χ2n) is 4.34. The van der Waals surface area contributed by atoms with E-state index in [2.05, 4.69) is 28.7 Å². The van der Waals surface area contributed by atoms with Gasteiger partial charge in [-0.2, -0.15) is 5.10 Å². The predicted octanol–water partition coefficient (Wildman–Crippen LogP) is 1.71. The van der Waals surface area contributed by atoms with Crippen LogP contribution in [-0.2, 0) is 11.2 Å². The molecule has 0 aliphatic carbocycles. The second-order valence-corrected chi connectivity index (χ2v) is 4.34. The summed E-state index contributed by atoms with van der Waals surface area (Å²) in [6.45, 7) is 4.23. The van der Waals surface area contributed by atoms with Gasteiger partial charge < -0.3 is 4.74 Å². The topological polar surface area (TPSA) is 56.5 Å². The first-order chi connectivity index (χ1) is 8.10. The first-order valence-electron chi connectivity index (χ1n) is 5.53. The lowest BCUT2D eigenvalue weighted by atomic mass is 10.1. The van der Waals surface area contributed by atoms with Gasteiger partial charge in [0.05, 0.1) is 12.7 Å². The summed E-state index contributed by atoms with van der Waals surface area (Å²) < 4.78 is 6.27. The minimum Gasteiger partial charge on any atom is -0.465 e. The first-order valence-corrected chi connectivity index (χ1v) is 5.53. The maximum atomic E-state index is 11.4. The number of hydrogen-bond donors (Lipinski definition) is 0. The molecule has 0 aliphatic heterocycles. The summed E-state index contributed by atoms with van der Waals surface area (Å²) in [6, 6.07) is 3.46. The Morgan fingerprint density at radius 3 is 2.88 bits per heavy atom. The van der Waals surface area contributed by atoms with Gasteiger partial charge in [0.2, 0.25) is 0 Å². The van der Waals surface area contributed by atoms with Crippen LogP contribution in [0.3, 0.4) is 0 Å². The summed E-state index contributed by atoms with van der Waals surface area (Å²) in [5, 5.41) is 4.33. The van der Waals surface area contributed by atoms with Crippen LogP contribution >= 0.6 is 0 Å². The highest BCUT2D eigenvalue weighted by molar-refractivity contribution is 5.89. The summed E-state index contributed by atoms with van der Waals surface area (Å²) in [5.41, 5.74) is 1.22. The van der Waals surface area contributed by atoms with Crippen LogP contribution in [0.4, 0.5) is 0 Å². The quantitative estimate of drug-likeness (QED) is 0.757. The number of pyridine rings is 1. The van der Waals surface area contributed by atoms with Crippen molar-refractivity contribution in [3.8, 4) is 0 Å². The molecule has 0 aromatic carbocycles. The molecule has 17 heavy (non-hydrogen) atoms. The van der Waals surface area contributed by atoms with Crippen molar-refractivity contribution < 1.29 is 9.53 Å². The van der Waals surface area contributed by atoms with Crippen LogP contribution < -0.4 is 0 Å². The average Bonchev–Trinajstić information content (AvgIpc) is 2.67. The summed E-state index contributed by atoms with van der Waals surface area (Å²) in [7, 11) is 1.36. The Labute approximate surface area is 99.4 Å². The number of hydrogen-bond acceptors (Lipinski definition) is 4. The molecule has 90 valence electrons. The van der Waals surface area contributed by atoms with E-state index in [1.54, 1.807) is 22.8 Å². The molecule has 2 aromatic heterocycles. The maximum Gasteiger partial charge on any atom is 0.339 e. The lowest BCUT2D eigenvalue weighted by molar-refractivity contribution is 0.0600. The molecule has 2 heterocycles. The molecule has 5 nitrogen and oxygen atoms in total. The SMILES string of the molecule is COC(=O)c1ccc2nc(CC(C)C)nn2c1. The number of esters is 1. The van der Waals surface area contributed by atoms with Gasteiger partial charge in [0.25, 0.3) is 0 Å². The molecule has 0 saturated heterocycles. The number of fused-ring (bicyclic) bond motifs is 1. The number of rotatable bonds is 3. The summed E-state index contributed by atoms with van der Waals surface area (Å²) in [6.07, 6.45) is 2.47. The summed E-state index contributed by atoms with van der Waals surface area (Å²) >= 11 is 0. The van der Waals surface area contributed by atoms with E-state index in [-0.39, 0.29) is 5.97 Å². The van der Waals surface area contributed by atoms with Crippen molar-refractivity contribution in [3.63, 3.8) is 0 Å². The van der Waals surface area contributed by atoms with Gasteiger partial charge in [-0.15, -0.1) is 0 Å². The van der Waals surface area contributed by atoms with Crippen LogP contribution in [0.2, 0.25) is 0 Å². The van der Waals surface area contributed by atoms with Gasteiger partial charge in [-0.3, -0.25) is 0 Å². The van der Waals surface area contributed by atoms with Gasteiger partial charge >= 0.3 is 5.97 Å². The van der Waals surface area contributed by atoms with Gasteiger partial charge in [-0.25, -0.2) is 14.3 Å². The number of carbonyl (C=O) groups excluding carboxylic acids is 1. The molecular formula is C12H15N3O2. The van der Waals surface area contributed by atoms with Crippen molar-refractivity contribution in [3.05, 3.63) is 29.7 Å². The van der Waals surface area contributed by atoms with Gasteiger partial charge in [-0.1, -0.05) is 13.8 Å². The molecule has 0 spiro atoms. The third kappa shape index (κ3) is 2.43. The summed E-state index contributed by atoms with van der Waals surface area (Å²) in [5.74, 6) is 0.933. The molecule has 0 fully saturated rings. The molecule has 2 rings (SSSR count). The van der Waals surface area contributed by atoms with Crippen LogP contribution in [0, 0.1) is 5.92 Å². The van der Waals surface area contributed by atoms with E-state index >= 15 is 0 Å². The fraction of sp³-hybridized carbons (Fsp3) is 0.417. The number of nitrogens with zero attached hydrogens (tertiary/aromatic N) is 3. The Morgan fingerprint density at radius 1 is 1.47 bits per heavy atom. The Morgan fingerprint density at radius 2 is 2.24 bits per heavy atom. The van der Waals surface area contributed by atoms with E-state index in [1.807, 2.05) is 0 Å². The minimum atomic E-state index is -0.368. The van der Waals surface area contributed by atoms with Gasteiger partial charge in [0.15, 0.2) is 11.5 Å². The third-order valence-corrected chi connectivity index (χ3v) is 2.39. The summed E-state index contributed by atoms with van der Waals surface area (Å²) in [4.78, 5) is 15.7.